The van der Waals surface area contributed by atoms with Gasteiger partial charge in [-0.05, 0) is 13.0 Å². The van der Waals surface area contributed by atoms with E-state index >= 15 is 0 Å². The summed E-state index contributed by atoms with van der Waals surface area (Å²) in [4.78, 5) is 10.5. The van der Waals surface area contributed by atoms with Crippen LogP contribution in [0.4, 0.5) is 13.2 Å². The van der Waals surface area contributed by atoms with Crippen molar-refractivity contribution < 1.29 is 23.1 Å². The first-order valence-electron chi connectivity index (χ1n) is 4.29. The molecule has 0 saturated heterocycles. The molecule has 7 heteroatoms. The molecule has 0 aliphatic rings. The summed E-state index contributed by atoms with van der Waals surface area (Å²) < 4.78 is 36.6. The van der Waals surface area contributed by atoms with Crippen LogP contribution in [-0.4, -0.2) is 27.0 Å². The summed E-state index contributed by atoms with van der Waals surface area (Å²) in [5, 5.41) is 12.0. The quantitative estimate of drug-likeness (QED) is 0.813. The number of carbonyl (C=O) groups is 1. The summed E-state index contributed by atoms with van der Waals surface area (Å²) in [5.74, 6) is -1.12. The van der Waals surface area contributed by atoms with Crippen LogP contribution in [0.15, 0.2) is 18.0 Å². The van der Waals surface area contributed by atoms with Crippen LogP contribution in [0.2, 0.25) is 0 Å². The average Bonchev–Trinajstić information content (AvgIpc) is 2.49. The fourth-order valence-corrected chi connectivity index (χ4v) is 1.04. The first-order chi connectivity index (χ1) is 7.28. The molecule has 0 atom stereocenters. The van der Waals surface area contributed by atoms with Crippen LogP contribution in [0.1, 0.15) is 12.5 Å². The first-order valence-corrected chi connectivity index (χ1v) is 4.29. The maximum Gasteiger partial charge on any atom is 0.408 e. The molecule has 0 spiro atoms. The van der Waals surface area contributed by atoms with E-state index < -0.39 is 18.7 Å². The third-order valence-electron chi connectivity index (χ3n) is 1.72. The molecule has 0 amide bonds. The molecule has 16 heavy (non-hydrogen) atoms. The van der Waals surface area contributed by atoms with Gasteiger partial charge in [0.15, 0.2) is 0 Å². The van der Waals surface area contributed by atoms with Crippen molar-refractivity contribution in [3.8, 4) is 0 Å². The van der Waals surface area contributed by atoms with Gasteiger partial charge in [-0.3, -0.25) is 4.68 Å². The lowest BCUT2D eigenvalue weighted by Gasteiger charge is -2.04. The Morgan fingerprint density at radius 3 is 2.75 bits per heavy atom. The number of carboxylic acids is 1. The predicted octanol–water partition coefficient (Wildman–Crippen LogP) is 1.93. The third-order valence-corrected chi connectivity index (χ3v) is 1.72. The zero-order valence-corrected chi connectivity index (χ0v) is 8.32. The van der Waals surface area contributed by atoms with Gasteiger partial charge in [0, 0.05) is 17.3 Å². The normalized spacial score (nSPS) is 12.9. The average molecular weight is 234 g/mol. The molecule has 1 aromatic heterocycles. The van der Waals surface area contributed by atoms with Crippen LogP contribution >= 0.6 is 0 Å². The SMILES string of the molecule is CC(=Cc1cnn(CC(F)(F)F)c1)C(=O)O. The molecule has 0 fully saturated rings. The number of rotatable bonds is 3. The van der Waals surface area contributed by atoms with E-state index in [4.69, 9.17) is 5.11 Å². The fraction of sp³-hybridized carbons (Fsp3) is 0.333. The molecular formula is C9H9F3N2O2. The topological polar surface area (TPSA) is 55.1 Å². The van der Waals surface area contributed by atoms with Gasteiger partial charge in [-0.2, -0.15) is 18.3 Å². The van der Waals surface area contributed by atoms with E-state index in [9.17, 15) is 18.0 Å². The van der Waals surface area contributed by atoms with E-state index in [1.165, 1.54) is 19.2 Å². The molecular weight excluding hydrogens is 225 g/mol. The van der Waals surface area contributed by atoms with Gasteiger partial charge in [-0.1, -0.05) is 0 Å². The van der Waals surface area contributed by atoms with Gasteiger partial charge >= 0.3 is 12.1 Å². The highest BCUT2D eigenvalue weighted by molar-refractivity contribution is 5.91. The molecule has 88 valence electrons. The zero-order valence-electron chi connectivity index (χ0n) is 8.32. The van der Waals surface area contributed by atoms with Crippen molar-refractivity contribution in [1.82, 2.24) is 9.78 Å². The standard InChI is InChI=1S/C9H9F3N2O2/c1-6(8(15)16)2-7-3-13-14(4-7)5-9(10,11)12/h2-4H,5H2,1H3,(H,15,16). The Bertz CT molecular complexity index is 421. The minimum Gasteiger partial charge on any atom is -0.478 e. The molecule has 0 aromatic carbocycles. The number of aromatic nitrogens is 2. The summed E-state index contributed by atoms with van der Waals surface area (Å²) in [6.07, 6.45) is -0.769. The molecule has 1 rings (SSSR count). The number of nitrogens with zero attached hydrogens (tertiary/aromatic N) is 2. The second kappa shape index (κ2) is 4.38. The Morgan fingerprint density at radius 1 is 1.62 bits per heavy atom. The van der Waals surface area contributed by atoms with E-state index in [1.807, 2.05) is 0 Å². The monoisotopic (exact) mass is 234 g/mol. The van der Waals surface area contributed by atoms with Gasteiger partial charge in [-0.15, -0.1) is 0 Å². The molecule has 0 aliphatic heterocycles. The molecule has 0 radical (unpaired) electrons. The maximum atomic E-state index is 12.0. The lowest BCUT2D eigenvalue weighted by atomic mass is 10.2. The van der Waals surface area contributed by atoms with Gasteiger partial charge in [0.05, 0.1) is 6.20 Å². The van der Waals surface area contributed by atoms with Gasteiger partial charge < -0.3 is 5.11 Å². The molecule has 1 aromatic rings. The van der Waals surface area contributed by atoms with Crippen molar-refractivity contribution in [2.45, 2.75) is 19.6 Å². The van der Waals surface area contributed by atoms with Gasteiger partial charge in [0.2, 0.25) is 0 Å². The Morgan fingerprint density at radius 2 is 2.25 bits per heavy atom. The molecule has 0 aliphatic carbocycles. The minimum atomic E-state index is -4.34. The third kappa shape index (κ3) is 3.76. The zero-order chi connectivity index (χ0) is 12.3. The summed E-state index contributed by atoms with van der Waals surface area (Å²) in [6, 6.07) is 0. The molecule has 1 N–H and O–H groups in total. The van der Waals surface area contributed by atoms with Crippen LogP contribution in [0.3, 0.4) is 0 Å². The van der Waals surface area contributed by atoms with Gasteiger partial charge in [0.1, 0.15) is 6.54 Å². The smallest absolute Gasteiger partial charge is 0.408 e. The largest absolute Gasteiger partial charge is 0.478 e. The summed E-state index contributed by atoms with van der Waals surface area (Å²) in [7, 11) is 0. The van der Waals surface area contributed by atoms with Gasteiger partial charge in [-0.25, -0.2) is 4.79 Å². The van der Waals surface area contributed by atoms with Crippen LogP contribution in [0.5, 0.6) is 0 Å². The van der Waals surface area contributed by atoms with Crippen molar-refractivity contribution in [3.63, 3.8) is 0 Å². The lowest BCUT2D eigenvalue weighted by Crippen LogP contribution is -2.17. The van der Waals surface area contributed by atoms with Crippen LogP contribution in [0.25, 0.3) is 6.08 Å². The molecule has 0 saturated carbocycles. The van der Waals surface area contributed by atoms with E-state index in [0.29, 0.717) is 10.2 Å². The predicted molar refractivity (Wildman–Crippen MR) is 49.6 cm³/mol. The summed E-state index contributed by atoms with van der Waals surface area (Å²) in [6.45, 7) is 0.163. The number of alkyl halides is 3. The van der Waals surface area contributed by atoms with Crippen molar-refractivity contribution in [2.24, 2.45) is 0 Å². The first kappa shape index (κ1) is 12.3. The van der Waals surface area contributed by atoms with Crippen LogP contribution < -0.4 is 0 Å². The van der Waals surface area contributed by atoms with E-state index in [0.717, 1.165) is 6.20 Å². The summed E-state index contributed by atoms with van der Waals surface area (Å²) in [5.41, 5.74) is 0.357. The number of aliphatic carboxylic acids is 1. The van der Waals surface area contributed by atoms with Crippen LogP contribution in [-0.2, 0) is 11.3 Å². The number of halogens is 3. The van der Waals surface area contributed by atoms with Crippen molar-refractivity contribution in [3.05, 3.63) is 23.5 Å². The number of carboxylic acid groups (broad SMARTS) is 1. The second-order valence-corrected chi connectivity index (χ2v) is 3.22. The number of hydrogen-bond donors (Lipinski definition) is 1. The lowest BCUT2D eigenvalue weighted by molar-refractivity contribution is -0.142. The van der Waals surface area contributed by atoms with Crippen LogP contribution in [0, 0.1) is 0 Å². The molecule has 4 nitrogen and oxygen atoms in total. The minimum absolute atomic E-state index is 0.0339. The van der Waals surface area contributed by atoms with Crippen molar-refractivity contribution in [2.75, 3.05) is 0 Å². The molecule has 0 bridgehead atoms. The Balaban J connectivity index is 2.80. The van der Waals surface area contributed by atoms with Crippen molar-refractivity contribution >= 4 is 12.0 Å². The molecule has 1 heterocycles. The second-order valence-electron chi connectivity index (χ2n) is 3.22. The van der Waals surface area contributed by atoms with E-state index in [2.05, 4.69) is 5.10 Å². The highest BCUT2D eigenvalue weighted by Gasteiger charge is 2.28. The number of hydrogen-bond acceptors (Lipinski definition) is 2. The summed E-state index contributed by atoms with van der Waals surface area (Å²) >= 11 is 0. The highest BCUT2D eigenvalue weighted by Crippen LogP contribution is 2.17. The Kier molecular flexibility index (Phi) is 3.36. The molecule has 0 unspecified atom stereocenters. The van der Waals surface area contributed by atoms with E-state index in [1.54, 1.807) is 0 Å². The fourth-order valence-electron chi connectivity index (χ4n) is 1.04. The Hall–Kier alpha value is -1.79. The highest BCUT2D eigenvalue weighted by atomic mass is 19.4. The Labute approximate surface area is 89.0 Å². The van der Waals surface area contributed by atoms with E-state index in [-0.39, 0.29) is 5.57 Å². The maximum absolute atomic E-state index is 12.0. The van der Waals surface area contributed by atoms with Gasteiger partial charge in [0.25, 0.3) is 0 Å². The van der Waals surface area contributed by atoms with Crippen molar-refractivity contribution in [1.29, 1.82) is 0 Å².